The Kier molecular flexibility index (Phi) is 4.12. The minimum absolute atomic E-state index is 0.187. The standard InChI is InChI=1S/C15H16FNO2/c1-10-6-12(9-17-8-10)13(18)7-11-4-3-5-14(19-2)15(11)16/h3-6,8-9,13,18H,7H2,1-2H3. The van der Waals surface area contributed by atoms with Crippen LogP contribution in [0.2, 0.25) is 0 Å². The normalized spacial score (nSPS) is 12.2. The second kappa shape index (κ2) is 5.80. The van der Waals surface area contributed by atoms with Crippen LogP contribution in [-0.4, -0.2) is 17.2 Å². The van der Waals surface area contributed by atoms with Gasteiger partial charge in [-0.2, -0.15) is 0 Å². The second-order valence-corrected chi connectivity index (χ2v) is 4.45. The van der Waals surface area contributed by atoms with Crippen LogP contribution in [0.5, 0.6) is 5.75 Å². The topological polar surface area (TPSA) is 42.4 Å². The summed E-state index contributed by atoms with van der Waals surface area (Å²) in [6.45, 7) is 1.90. The molecule has 3 nitrogen and oxygen atoms in total. The largest absolute Gasteiger partial charge is 0.494 e. The molecule has 0 spiro atoms. The van der Waals surface area contributed by atoms with Crippen molar-refractivity contribution in [3.63, 3.8) is 0 Å². The zero-order chi connectivity index (χ0) is 13.8. The summed E-state index contributed by atoms with van der Waals surface area (Å²) < 4.78 is 18.9. The predicted octanol–water partition coefficient (Wildman–Crippen LogP) is 2.81. The summed E-state index contributed by atoms with van der Waals surface area (Å²) in [5.41, 5.74) is 2.07. The van der Waals surface area contributed by atoms with Gasteiger partial charge >= 0.3 is 0 Å². The number of nitrogens with zero attached hydrogens (tertiary/aromatic N) is 1. The van der Waals surface area contributed by atoms with Crippen LogP contribution in [0.15, 0.2) is 36.7 Å². The van der Waals surface area contributed by atoms with Gasteiger partial charge in [0.05, 0.1) is 13.2 Å². The fourth-order valence-corrected chi connectivity index (χ4v) is 1.96. The van der Waals surface area contributed by atoms with Crippen LogP contribution in [0, 0.1) is 12.7 Å². The fraction of sp³-hybridized carbons (Fsp3) is 0.267. The average Bonchev–Trinajstić information content (AvgIpc) is 2.41. The lowest BCUT2D eigenvalue weighted by Crippen LogP contribution is -2.05. The first-order valence-corrected chi connectivity index (χ1v) is 6.03. The summed E-state index contributed by atoms with van der Waals surface area (Å²) in [6, 6.07) is 6.75. The molecule has 2 rings (SSSR count). The Hall–Kier alpha value is -1.94. The Morgan fingerprint density at radius 3 is 2.84 bits per heavy atom. The number of aryl methyl sites for hydroxylation is 1. The second-order valence-electron chi connectivity index (χ2n) is 4.45. The van der Waals surface area contributed by atoms with Crippen molar-refractivity contribution in [2.45, 2.75) is 19.4 Å². The molecule has 19 heavy (non-hydrogen) atoms. The molecule has 1 atom stereocenters. The Bertz CT molecular complexity index is 572. The molecule has 0 amide bonds. The van der Waals surface area contributed by atoms with Gasteiger partial charge in [0, 0.05) is 18.8 Å². The van der Waals surface area contributed by atoms with Crippen molar-refractivity contribution < 1.29 is 14.2 Å². The molecule has 1 unspecified atom stereocenters. The number of aromatic nitrogens is 1. The molecular formula is C15H16FNO2. The van der Waals surface area contributed by atoms with E-state index >= 15 is 0 Å². The molecule has 4 heteroatoms. The van der Waals surface area contributed by atoms with Gasteiger partial charge in [-0.1, -0.05) is 18.2 Å². The maximum absolute atomic E-state index is 14.0. The monoisotopic (exact) mass is 261 g/mol. The summed E-state index contributed by atoms with van der Waals surface area (Å²) in [5.74, 6) is -0.239. The van der Waals surface area contributed by atoms with Gasteiger partial charge in [-0.15, -0.1) is 0 Å². The lowest BCUT2D eigenvalue weighted by molar-refractivity contribution is 0.176. The first-order chi connectivity index (χ1) is 9.11. The number of aliphatic hydroxyl groups is 1. The van der Waals surface area contributed by atoms with E-state index in [1.165, 1.54) is 7.11 Å². The van der Waals surface area contributed by atoms with Crippen molar-refractivity contribution in [3.05, 3.63) is 59.2 Å². The minimum atomic E-state index is -0.783. The molecule has 0 saturated heterocycles. The average molecular weight is 261 g/mol. The third-order valence-electron chi connectivity index (χ3n) is 2.96. The molecule has 1 aromatic heterocycles. The molecule has 0 fully saturated rings. The summed E-state index contributed by atoms with van der Waals surface area (Å²) >= 11 is 0. The number of hydrogen-bond donors (Lipinski definition) is 1. The molecule has 0 aliphatic heterocycles. The SMILES string of the molecule is COc1cccc(CC(O)c2cncc(C)c2)c1F. The molecule has 2 aromatic rings. The van der Waals surface area contributed by atoms with E-state index in [0.29, 0.717) is 11.1 Å². The molecule has 0 aliphatic carbocycles. The van der Waals surface area contributed by atoms with Crippen LogP contribution in [0.25, 0.3) is 0 Å². The van der Waals surface area contributed by atoms with Gasteiger partial charge in [-0.05, 0) is 29.7 Å². The van der Waals surface area contributed by atoms with Crippen LogP contribution in [0.1, 0.15) is 22.8 Å². The van der Waals surface area contributed by atoms with E-state index in [1.54, 1.807) is 30.6 Å². The van der Waals surface area contributed by atoms with Crippen LogP contribution in [-0.2, 0) is 6.42 Å². The van der Waals surface area contributed by atoms with E-state index in [9.17, 15) is 9.50 Å². The van der Waals surface area contributed by atoms with Crippen LogP contribution >= 0.6 is 0 Å². The summed E-state index contributed by atoms with van der Waals surface area (Å²) in [7, 11) is 1.42. The van der Waals surface area contributed by atoms with Gasteiger partial charge in [-0.3, -0.25) is 4.98 Å². The number of ether oxygens (including phenoxy) is 1. The lowest BCUT2D eigenvalue weighted by atomic mass is 10.0. The molecule has 0 radical (unpaired) electrons. The third-order valence-corrected chi connectivity index (χ3v) is 2.96. The van der Waals surface area contributed by atoms with Crippen LogP contribution in [0.4, 0.5) is 4.39 Å². The van der Waals surface area contributed by atoms with Gasteiger partial charge in [0.1, 0.15) is 0 Å². The van der Waals surface area contributed by atoms with Crippen molar-refractivity contribution in [3.8, 4) is 5.75 Å². The summed E-state index contributed by atoms with van der Waals surface area (Å²) in [6.07, 6.45) is 2.71. The number of benzene rings is 1. The number of aliphatic hydroxyl groups excluding tert-OH is 1. The number of hydrogen-bond acceptors (Lipinski definition) is 3. The number of methoxy groups -OCH3 is 1. The minimum Gasteiger partial charge on any atom is -0.494 e. The zero-order valence-corrected chi connectivity index (χ0v) is 10.9. The van der Waals surface area contributed by atoms with Gasteiger partial charge in [0.15, 0.2) is 11.6 Å². The Morgan fingerprint density at radius 1 is 1.37 bits per heavy atom. The smallest absolute Gasteiger partial charge is 0.168 e. The van der Waals surface area contributed by atoms with Crippen molar-refractivity contribution in [2.75, 3.05) is 7.11 Å². The maximum Gasteiger partial charge on any atom is 0.168 e. The first-order valence-electron chi connectivity index (χ1n) is 6.03. The Labute approximate surface area is 111 Å². The highest BCUT2D eigenvalue weighted by Gasteiger charge is 2.14. The lowest BCUT2D eigenvalue weighted by Gasteiger charge is -2.13. The first kappa shape index (κ1) is 13.5. The van der Waals surface area contributed by atoms with Gasteiger partial charge in [0.25, 0.3) is 0 Å². The molecule has 100 valence electrons. The van der Waals surface area contributed by atoms with E-state index in [2.05, 4.69) is 4.98 Å². The molecule has 1 aromatic carbocycles. The van der Waals surface area contributed by atoms with Crippen molar-refractivity contribution in [1.82, 2.24) is 4.98 Å². The van der Waals surface area contributed by atoms with Gasteiger partial charge in [-0.25, -0.2) is 4.39 Å². The summed E-state index contributed by atoms with van der Waals surface area (Å²) in [4.78, 5) is 4.02. The fourth-order valence-electron chi connectivity index (χ4n) is 1.96. The van der Waals surface area contributed by atoms with Gasteiger partial charge < -0.3 is 9.84 Å². The highest BCUT2D eigenvalue weighted by molar-refractivity contribution is 5.32. The number of rotatable bonds is 4. The van der Waals surface area contributed by atoms with E-state index in [4.69, 9.17) is 4.74 Å². The molecule has 1 heterocycles. The Balaban J connectivity index is 2.21. The number of pyridine rings is 1. The third kappa shape index (κ3) is 3.09. The molecular weight excluding hydrogens is 245 g/mol. The molecule has 0 aliphatic rings. The van der Waals surface area contributed by atoms with Crippen molar-refractivity contribution in [1.29, 1.82) is 0 Å². The van der Waals surface area contributed by atoms with Crippen molar-refractivity contribution >= 4 is 0 Å². The molecule has 0 saturated carbocycles. The van der Waals surface area contributed by atoms with E-state index in [0.717, 1.165) is 5.56 Å². The highest BCUT2D eigenvalue weighted by atomic mass is 19.1. The van der Waals surface area contributed by atoms with Crippen LogP contribution in [0.3, 0.4) is 0 Å². The predicted molar refractivity (Wildman–Crippen MR) is 70.6 cm³/mol. The van der Waals surface area contributed by atoms with E-state index in [-0.39, 0.29) is 12.2 Å². The maximum atomic E-state index is 14.0. The van der Waals surface area contributed by atoms with E-state index < -0.39 is 11.9 Å². The summed E-state index contributed by atoms with van der Waals surface area (Å²) in [5, 5.41) is 10.1. The van der Waals surface area contributed by atoms with Crippen molar-refractivity contribution in [2.24, 2.45) is 0 Å². The Morgan fingerprint density at radius 2 is 2.16 bits per heavy atom. The van der Waals surface area contributed by atoms with Crippen LogP contribution < -0.4 is 4.74 Å². The molecule has 1 N–H and O–H groups in total. The zero-order valence-electron chi connectivity index (χ0n) is 10.9. The van der Waals surface area contributed by atoms with Gasteiger partial charge in [0.2, 0.25) is 0 Å². The highest BCUT2D eigenvalue weighted by Crippen LogP contribution is 2.25. The molecule has 0 bridgehead atoms. The number of halogens is 1. The van der Waals surface area contributed by atoms with E-state index in [1.807, 2.05) is 13.0 Å². The quantitative estimate of drug-likeness (QED) is 0.920.